The number of carboxylic acids is 1. The van der Waals surface area contributed by atoms with E-state index < -0.39 is 17.9 Å². The fourth-order valence-corrected chi connectivity index (χ4v) is 1.09. The van der Waals surface area contributed by atoms with Crippen molar-refractivity contribution in [2.24, 2.45) is 15.7 Å². The number of amides is 1. The second-order valence-electron chi connectivity index (χ2n) is 3.35. The average Bonchev–Trinajstić information content (AvgIpc) is 2.27. The predicted octanol–water partition coefficient (Wildman–Crippen LogP) is -0.934. The van der Waals surface area contributed by atoms with Gasteiger partial charge in [-0.05, 0) is 0 Å². The molecule has 0 radical (unpaired) electrons. The van der Waals surface area contributed by atoms with E-state index in [0.717, 1.165) is 0 Å². The molecule has 0 saturated carbocycles. The highest BCUT2D eigenvalue weighted by molar-refractivity contribution is 6.31. The number of nitrogens with one attached hydrogen (secondary N) is 1. The topological polar surface area (TPSA) is 117 Å². The molecule has 0 aliphatic rings. The van der Waals surface area contributed by atoms with Crippen molar-refractivity contribution in [2.75, 3.05) is 20.6 Å². The Labute approximate surface area is 99.8 Å². The Kier molecular flexibility index (Phi) is 7.53. The number of hydrogen-bond acceptors (Lipinski definition) is 5. The van der Waals surface area contributed by atoms with Crippen molar-refractivity contribution in [1.82, 2.24) is 5.32 Å². The summed E-state index contributed by atoms with van der Waals surface area (Å²) in [5.74, 6) is -1.36. The maximum absolute atomic E-state index is 11.5. The van der Waals surface area contributed by atoms with Crippen LogP contribution in [0.5, 0.6) is 0 Å². The third-order valence-electron chi connectivity index (χ3n) is 1.97. The Balaban J connectivity index is 4.08. The Morgan fingerprint density at radius 3 is 2.59 bits per heavy atom. The first-order valence-corrected chi connectivity index (χ1v) is 5.14. The van der Waals surface area contributed by atoms with Crippen molar-refractivity contribution in [3.05, 3.63) is 0 Å². The third-order valence-corrected chi connectivity index (χ3v) is 1.97. The van der Waals surface area contributed by atoms with Gasteiger partial charge in [-0.2, -0.15) is 0 Å². The van der Waals surface area contributed by atoms with E-state index in [1.807, 2.05) is 0 Å². The van der Waals surface area contributed by atoms with E-state index in [9.17, 15) is 9.59 Å². The van der Waals surface area contributed by atoms with Crippen molar-refractivity contribution in [2.45, 2.75) is 18.9 Å². The first-order chi connectivity index (χ1) is 8.01. The standard InChI is InChI=1S/C10H18N4O3/c1-12-6-7(13-2)5-8(11)10(17)14-4-3-9(15)16/h6,8H,3-5,11H2,1-2H3,(H,14,17)(H,15,16). The smallest absolute Gasteiger partial charge is 0.305 e. The summed E-state index contributed by atoms with van der Waals surface area (Å²) in [6, 6.07) is -0.750. The molecule has 0 aliphatic heterocycles. The van der Waals surface area contributed by atoms with Crippen LogP contribution in [0.1, 0.15) is 12.8 Å². The molecule has 17 heavy (non-hydrogen) atoms. The monoisotopic (exact) mass is 242 g/mol. The molecule has 0 aromatic heterocycles. The number of carbonyl (C=O) groups excluding carboxylic acids is 1. The van der Waals surface area contributed by atoms with E-state index >= 15 is 0 Å². The van der Waals surface area contributed by atoms with Crippen LogP contribution in [0.3, 0.4) is 0 Å². The van der Waals surface area contributed by atoms with Crippen LogP contribution in [0.15, 0.2) is 9.98 Å². The molecule has 0 saturated heterocycles. The van der Waals surface area contributed by atoms with E-state index in [2.05, 4.69) is 15.3 Å². The van der Waals surface area contributed by atoms with Crippen molar-refractivity contribution in [3.8, 4) is 0 Å². The quantitative estimate of drug-likeness (QED) is 0.500. The minimum absolute atomic E-state index is 0.0718. The van der Waals surface area contributed by atoms with Crippen LogP contribution in [0.2, 0.25) is 0 Å². The largest absolute Gasteiger partial charge is 0.481 e. The van der Waals surface area contributed by atoms with Gasteiger partial charge < -0.3 is 16.2 Å². The number of rotatable bonds is 7. The normalized spacial score (nSPS) is 13.7. The highest BCUT2D eigenvalue weighted by Crippen LogP contribution is 1.92. The van der Waals surface area contributed by atoms with Gasteiger partial charge in [-0.25, -0.2) is 0 Å². The molecule has 0 rings (SSSR count). The lowest BCUT2D eigenvalue weighted by Crippen LogP contribution is -2.42. The summed E-state index contributed by atoms with van der Waals surface area (Å²) in [6.45, 7) is 0.0718. The Hall–Kier alpha value is -1.76. The molecule has 4 N–H and O–H groups in total. The minimum Gasteiger partial charge on any atom is -0.481 e. The molecule has 0 aliphatic carbocycles. The van der Waals surface area contributed by atoms with Crippen molar-refractivity contribution in [1.29, 1.82) is 0 Å². The Morgan fingerprint density at radius 2 is 2.12 bits per heavy atom. The van der Waals surface area contributed by atoms with Gasteiger partial charge in [0, 0.05) is 33.3 Å². The maximum Gasteiger partial charge on any atom is 0.305 e. The predicted molar refractivity (Wildman–Crippen MR) is 65.6 cm³/mol. The van der Waals surface area contributed by atoms with Gasteiger partial charge in [0.2, 0.25) is 5.91 Å². The fraction of sp³-hybridized carbons (Fsp3) is 0.600. The molecule has 0 aromatic carbocycles. The highest BCUT2D eigenvalue weighted by Gasteiger charge is 2.14. The number of hydrogen-bond donors (Lipinski definition) is 3. The number of aliphatic imine (C=N–C) groups is 2. The van der Waals surface area contributed by atoms with Gasteiger partial charge in [0.1, 0.15) is 0 Å². The number of aliphatic carboxylic acids is 1. The summed E-state index contributed by atoms with van der Waals surface area (Å²) in [6.07, 6.45) is 1.68. The SMILES string of the molecule is CN=CC(CC(N)C(=O)NCCC(=O)O)=NC. The molecular weight excluding hydrogens is 224 g/mol. The molecule has 0 aromatic rings. The summed E-state index contributed by atoms with van der Waals surface area (Å²) < 4.78 is 0. The average molecular weight is 242 g/mol. The maximum atomic E-state index is 11.5. The first-order valence-electron chi connectivity index (χ1n) is 5.14. The Morgan fingerprint density at radius 1 is 1.47 bits per heavy atom. The van der Waals surface area contributed by atoms with E-state index in [1.165, 1.54) is 6.21 Å². The van der Waals surface area contributed by atoms with Crippen molar-refractivity contribution in [3.63, 3.8) is 0 Å². The zero-order valence-corrected chi connectivity index (χ0v) is 10.0. The van der Waals surface area contributed by atoms with E-state index in [-0.39, 0.29) is 19.4 Å². The molecule has 7 heteroatoms. The van der Waals surface area contributed by atoms with Gasteiger partial charge in [0.25, 0.3) is 0 Å². The molecule has 1 unspecified atom stereocenters. The summed E-state index contributed by atoms with van der Waals surface area (Å²) in [7, 11) is 3.19. The van der Waals surface area contributed by atoms with E-state index in [4.69, 9.17) is 10.8 Å². The molecule has 0 spiro atoms. The number of nitrogens with zero attached hydrogens (tertiary/aromatic N) is 2. The fourth-order valence-electron chi connectivity index (χ4n) is 1.09. The molecule has 0 bridgehead atoms. The van der Waals surface area contributed by atoms with Gasteiger partial charge in [0.05, 0.1) is 18.2 Å². The van der Waals surface area contributed by atoms with Crippen LogP contribution in [-0.4, -0.2) is 55.6 Å². The summed E-state index contributed by atoms with van der Waals surface area (Å²) in [4.78, 5) is 29.4. The minimum atomic E-state index is -0.965. The first kappa shape index (κ1) is 15.2. The van der Waals surface area contributed by atoms with Crippen molar-refractivity contribution >= 4 is 23.8 Å². The lowest BCUT2D eigenvalue weighted by Gasteiger charge is -2.11. The summed E-state index contributed by atoms with van der Waals surface area (Å²) in [5, 5.41) is 10.8. The van der Waals surface area contributed by atoms with Gasteiger partial charge in [-0.1, -0.05) is 0 Å². The van der Waals surface area contributed by atoms with Crippen LogP contribution in [0.4, 0.5) is 0 Å². The number of carboxylic acid groups (broad SMARTS) is 1. The van der Waals surface area contributed by atoms with Crippen molar-refractivity contribution < 1.29 is 14.7 Å². The molecule has 1 amide bonds. The lowest BCUT2D eigenvalue weighted by molar-refractivity contribution is -0.136. The van der Waals surface area contributed by atoms with Gasteiger partial charge in [0.15, 0.2) is 0 Å². The molecule has 0 heterocycles. The molecular formula is C10H18N4O3. The molecule has 0 fully saturated rings. The summed E-state index contributed by atoms with van der Waals surface area (Å²) >= 11 is 0. The highest BCUT2D eigenvalue weighted by atomic mass is 16.4. The molecule has 96 valence electrons. The summed E-state index contributed by atoms with van der Waals surface area (Å²) in [5.41, 5.74) is 6.26. The third kappa shape index (κ3) is 7.18. The second-order valence-corrected chi connectivity index (χ2v) is 3.35. The van der Waals surface area contributed by atoms with Crippen LogP contribution < -0.4 is 11.1 Å². The Bertz CT molecular complexity index is 326. The molecule has 7 nitrogen and oxygen atoms in total. The van der Waals surface area contributed by atoms with E-state index in [0.29, 0.717) is 5.71 Å². The van der Waals surface area contributed by atoms with Gasteiger partial charge >= 0.3 is 5.97 Å². The second kappa shape index (κ2) is 8.40. The van der Waals surface area contributed by atoms with Crippen LogP contribution in [0, 0.1) is 0 Å². The van der Waals surface area contributed by atoms with Crippen LogP contribution in [0.25, 0.3) is 0 Å². The lowest BCUT2D eigenvalue weighted by atomic mass is 10.1. The van der Waals surface area contributed by atoms with Gasteiger partial charge in [-0.3, -0.25) is 19.6 Å². The number of carbonyl (C=O) groups is 2. The van der Waals surface area contributed by atoms with Crippen LogP contribution in [-0.2, 0) is 9.59 Å². The van der Waals surface area contributed by atoms with Gasteiger partial charge in [-0.15, -0.1) is 0 Å². The molecule has 1 atom stereocenters. The zero-order chi connectivity index (χ0) is 13.3. The van der Waals surface area contributed by atoms with Crippen LogP contribution >= 0.6 is 0 Å². The zero-order valence-electron chi connectivity index (χ0n) is 10.0. The van der Waals surface area contributed by atoms with E-state index in [1.54, 1.807) is 14.1 Å². The number of nitrogens with two attached hydrogens (primary N) is 1.